The first-order valence-electron chi connectivity index (χ1n) is 8.05. The Kier molecular flexibility index (Phi) is 6.58. The van der Waals surface area contributed by atoms with Crippen molar-refractivity contribution in [2.45, 2.75) is 25.6 Å². The summed E-state index contributed by atoms with van der Waals surface area (Å²) >= 11 is 0. The smallest absolute Gasteiger partial charge is 0.221 e. The van der Waals surface area contributed by atoms with E-state index in [1.807, 2.05) is 49.4 Å². The van der Waals surface area contributed by atoms with Crippen LogP contribution in [0.5, 0.6) is 5.75 Å². The molecule has 0 fully saturated rings. The van der Waals surface area contributed by atoms with E-state index in [9.17, 15) is 13.2 Å². The predicted molar refractivity (Wildman–Crippen MR) is 98.1 cm³/mol. The fourth-order valence-corrected chi connectivity index (χ4v) is 3.90. The van der Waals surface area contributed by atoms with E-state index in [0.29, 0.717) is 12.3 Å². The first-order valence-corrected chi connectivity index (χ1v) is 9.87. The lowest BCUT2D eigenvalue weighted by Crippen LogP contribution is -2.25. The quantitative estimate of drug-likeness (QED) is 0.784. The Bertz CT molecular complexity index is 831. The van der Waals surface area contributed by atoms with Gasteiger partial charge in [-0.15, -0.1) is 0 Å². The third-order valence-electron chi connectivity index (χ3n) is 3.95. The fraction of sp³-hybridized carbons (Fsp3) is 0.316. The minimum Gasteiger partial charge on any atom is -0.496 e. The van der Waals surface area contributed by atoms with Gasteiger partial charge in [0.15, 0.2) is 9.84 Å². The van der Waals surface area contributed by atoms with Gasteiger partial charge in [0.1, 0.15) is 5.75 Å². The number of carbonyl (C=O) groups excluding carboxylic acids is 1. The SMILES string of the molecule is COc1ccccc1CNC(=O)CCS(=O)(=O)Cc1ccccc1C. The van der Waals surface area contributed by atoms with Gasteiger partial charge < -0.3 is 10.1 Å². The van der Waals surface area contributed by atoms with Crippen molar-refractivity contribution in [3.05, 3.63) is 65.2 Å². The standard InChI is InChI=1S/C19H23NO4S/c1-15-7-3-4-9-17(15)14-25(22,23)12-11-19(21)20-13-16-8-5-6-10-18(16)24-2/h3-10H,11-14H2,1-2H3,(H,20,21). The largest absolute Gasteiger partial charge is 0.496 e. The Morgan fingerprint density at radius 2 is 1.68 bits per heavy atom. The van der Waals surface area contributed by atoms with Crippen LogP contribution in [0, 0.1) is 6.92 Å². The molecule has 0 aliphatic carbocycles. The average molecular weight is 361 g/mol. The first-order chi connectivity index (χ1) is 11.9. The highest BCUT2D eigenvalue weighted by Crippen LogP contribution is 2.17. The molecule has 2 aromatic rings. The van der Waals surface area contributed by atoms with Crippen LogP contribution >= 0.6 is 0 Å². The summed E-state index contributed by atoms with van der Waals surface area (Å²) in [6.07, 6.45) is -0.0522. The van der Waals surface area contributed by atoms with Crippen LogP contribution in [0.2, 0.25) is 0 Å². The van der Waals surface area contributed by atoms with E-state index in [1.54, 1.807) is 13.2 Å². The molecule has 0 aliphatic rings. The second-order valence-electron chi connectivity index (χ2n) is 5.86. The zero-order valence-corrected chi connectivity index (χ0v) is 15.3. The fourth-order valence-electron chi connectivity index (χ4n) is 2.46. The van der Waals surface area contributed by atoms with Gasteiger partial charge in [0, 0.05) is 18.5 Å². The molecule has 0 aromatic heterocycles. The summed E-state index contributed by atoms with van der Waals surface area (Å²) in [4.78, 5) is 12.0. The van der Waals surface area contributed by atoms with Crippen LogP contribution in [0.4, 0.5) is 0 Å². The molecule has 0 saturated heterocycles. The highest BCUT2D eigenvalue weighted by atomic mass is 32.2. The van der Waals surface area contributed by atoms with Gasteiger partial charge in [-0.25, -0.2) is 8.42 Å². The van der Waals surface area contributed by atoms with Crippen molar-refractivity contribution in [3.8, 4) is 5.75 Å². The molecular weight excluding hydrogens is 338 g/mol. The second-order valence-corrected chi connectivity index (χ2v) is 8.04. The van der Waals surface area contributed by atoms with Gasteiger partial charge in [-0.2, -0.15) is 0 Å². The minimum absolute atomic E-state index is 0.0422. The molecular formula is C19H23NO4S. The van der Waals surface area contributed by atoms with Crippen molar-refractivity contribution in [2.75, 3.05) is 12.9 Å². The van der Waals surface area contributed by atoms with Gasteiger partial charge in [-0.3, -0.25) is 4.79 Å². The van der Waals surface area contributed by atoms with Gasteiger partial charge >= 0.3 is 0 Å². The lowest BCUT2D eigenvalue weighted by Gasteiger charge is -2.10. The molecule has 0 radical (unpaired) electrons. The summed E-state index contributed by atoms with van der Waals surface area (Å²) in [5.74, 6) is 0.188. The molecule has 5 nitrogen and oxygen atoms in total. The Morgan fingerprint density at radius 3 is 2.36 bits per heavy atom. The molecule has 0 heterocycles. The molecule has 2 aromatic carbocycles. The predicted octanol–water partition coefficient (Wildman–Crippen LogP) is 2.62. The number of rotatable bonds is 8. The summed E-state index contributed by atoms with van der Waals surface area (Å²) in [6, 6.07) is 14.7. The Balaban J connectivity index is 1.85. The van der Waals surface area contributed by atoms with E-state index in [2.05, 4.69) is 5.32 Å². The maximum Gasteiger partial charge on any atom is 0.221 e. The molecule has 2 rings (SSSR count). The van der Waals surface area contributed by atoms with Crippen LogP contribution in [0.25, 0.3) is 0 Å². The molecule has 1 amide bonds. The maximum atomic E-state index is 12.2. The Hall–Kier alpha value is -2.34. The zero-order chi connectivity index (χ0) is 18.3. The molecule has 0 saturated carbocycles. The van der Waals surface area contributed by atoms with Gasteiger partial charge in [0.2, 0.25) is 5.91 Å². The highest BCUT2D eigenvalue weighted by Gasteiger charge is 2.16. The van der Waals surface area contributed by atoms with Crippen LogP contribution in [0.3, 0.4) is 0 Å². The summed E-state index contributed by atoms with van der Waals surface area (Å²) in [7, 11) is -1.77. The number of para-hydroxylation sites is 1. The lowest BCUT2D eigenvalue weighted by molar-refractivity contribution is -0.120. The van der Waals surface area contributed by atoms with E-state index >= 15 is 0 Å². The number of carbonyl (C=O) groups is 1. The van der Waals surface area contributed by atoms with Crippen LogP contribution < -0.4 is 10.1 Å². The van der Waals surface area contributed by atoms with E-state index < -0.39 is 9.84 Å². The summed E-state index contributed by atoms with van der Waals surface area (Å²) < 4.78 is 29.7. The lowest BCUT2D eigenvalue weighted by atomic mass is 10.1. The number of amides is 1. The number of nitrogens with one attached hydrogen (secondary N) is 1. The monoisotopic (exact) mass is 361 g/mol. The molecule has 0 unspecified atom stereocenters. The average Bonchev–Trinajstić information content (AvgIpc) is 2.60. The van der Waals surface area contributed by atoms with Crippen molar-refractivity contribution in [1.82, 2.24) is 5.32 Å². The van der Waals surface area contributed by atoms with Crippen LogP contribution in [-0.2, 0) is 26.9 Å². The van der Waals surface area contributed by atoms with Crippen molar-refractivity contribution in [1.29, 1.82) is 0 Å². The first kappa shape index (κ1) is 19.0. The molecule has 0 spiro atoms. The molecule has 134 valence electrons. The molecule has 0 atom stereocenters. The minimum atomic E-state index is -3.33. The van der Waals surface area contributed by atoms with Crippen molar-refractivity contribution >= 4 is 15.7 Å². The molecule has 0 aliphatic heterocycles. The van der Waals surface area contributed by atoms with Gasteiger partial charge in [-0.05, 0) is 24.1 Å². The highest BCUT2D eigenvalue weighted by molar-refractivity contribution is 7.90. The summed E-state index contributed by atoms with van der Waals surface area (Å²) in [6.45, 7) is 2.19. The van der Waals surface area contributed by atoms with Crippen LogP contribution in [0.1, 0.15) is 23.1 Å². The van der Waals surface area contributed by atoms with Crippen molar-refractivity contribution in [3.63, 3.8) is 0 Å². The summed E-state index contributed by atoms with van der Waals surface area (Å²) in [5.41, 5.74) is 2.56. The number of methoxy groups -OCH3 is 1. The maximum absolute atomic E-state index is 12.2. The molecule has 6 heteroatoms. The zero-order valence-electron chi connectivity index (χ0n) is 14.5. The van der Waals surface area contributed by atoms with Crippen LogP contribution in [0.15, 0.2) is 48.5 Å². The van der Waals surface area contributed by atoms with Gasteiger partial charge in [-0.1, -0.05) is 42.5 Å². The van der Waals surface area contributed by atoms with E-state index in [0.717, 1.165) is 16.7 Å². The number of hydrogen-bond acceptors (Lipinski definition) is 4. The third-order valence-corrected chi connectivity index (χ3v) is 5.52. The van der Waals surface area contributed by atoms with E-state index in [1.165, 1.54) is 0 Å². The molecule has 0 bridgehead atoms. The van der Waals surface area contributed by atoms with Gasteiger partial charge in [0.05, 0.1) is 18.6 Å². The van der Waals surface area contributed by atoms with Crippen LogP contribution in [-0.4, -0.2) is 27.2 Å². The topological polar surface area (TPSA) is 72.5 Å². The van der Waals surface area contributed by atoms with Gasteiger partial charge in [0.25, 0.3) is 0 Å². The normalized spacial score (nSPS) is 11.1. The number of benzene rings is 2. The number of ether oxygens (including phenoxy) is 1. The van der Waals surface area contributed by atoms with Crippen molar-refractivity contribution in [2.24, 2.45) is 0 Å². The van der Waals surface area contributed by atoms with E-state index in [-0.39, 0.29) is 23.8 Å². The molecule has 25 heavy (non-hydrogen) atoms. The number of hydrogen-bond donors (Lipinski definition) is 1. The third kappa shape index (κ3) is 5.90. The second kappa shape index (κ2) is 8.67. The number of aryl methyl sites for hydroxylation is 1. The Labute approximate surface area is 148 Å². The Morgan fingerprint density at radius 1 is 1.04 bits per heavy atom. The molecule has 1 N–H and O–H groups in total. The summed E-state index contributed by atoms with van der Waals surface area (Å²) in [5, 5.41) is 2.74. The van der Waals surface area contributed by atoms with Crippen molar-refractivity contribution < 1.29 is 17.9 Å². The number of sulfone groups is 1. The van der Waals surface area contributed by atoms with E-state index in [4.69, 9.17) is 4.74 Å².